The van der Waals surface area contributed by atoms with Crippen LogP contribution in [0, 0.1) is 0 Å². The maximum atomic E-state index is 12.9. The van der Waals surface area contributed by atoms with E-state index >= 15 is 0 Å². The fraction of sp³-hybridized carbons (Fsp3) is 0.435. The normalized spacial score (nSPS) is 26.7. The molecule has 1 aliphatic heterocycles. The van der Waals surface area contributed by atoms with Gasteiger partial charge in [0.2, 0.25) is 11.8 Å². The van der Waals surface area contributed by atoms with E-state index in [4.69, 9.17) is 11.5 Å². The van der Waals surface area contributed by atoms with Gasteiger partial charge in [0.25, 0.3) is 0 Å². The summed E-state index contributed by atoms with van der Waals surface area (Å²) >= 11 is 0. The van der Waals surface area contributed by atoms with Gasteiger partial charge in [-0.05, 0) is 41.7 Å². The number of aliphatic hydroxyl groups is 2. The number of aromatic hydroxyl groups is 1. The molecule has 184 valence electrons. The van der Waals surface area contributed by atoms with Gasteiger partial charge < -0.3 is 42.5 Å². The standard InChI is InChI=1S/C23H30N4O7/c24-10-15(28)9-17-22(32)27-18(23(33)34)8-14-6-12(2-4-20(14)30)11-1-3-19(29)13(5-11)7-16(25)21(31)26-17/h1-4,6,11,15-18,28-30H,5,7-10,24-25H2,(H,26,31)(H,27,32)(H,33,34)/t11?,15-,16?,17+,18+/m1/s1. The Bertz CT molecular complexity index is 1020. The van der Waals surface area contributed by atoms with Gasteiger partial charge in [-0.25, -0.2) is 4.79 Å². The van der Waals surface area contributed by atoms with Crippen LogP contribution in [0.25, 0.3) is 0 Å². The predicted molar refractivity (Wildman–Crippen MR) is 122 cm³/mol. The van der Waals surface area contributed by atoms with Gasteiger partial charge in [-0.1, -0.05) is 18.2 Å². The lowest BCUT2D eigenvalue weighted by Gasteiger charge is -2.25. The monoisotopic (exact) mass is 474 g/mol. The van der Waals surface area contributed by atoms with E-state index in [-0.39, 0.29) is 43.2 Å². The zero-order chi connectivity index (χ0) is 25.0. The smallest absolute Gasteiger partial charge is 0.326 e. The molecule has 1 aliphatic carbocycles. The van der Waals surface area contributed by atoms with Crippen molar-refractivity contribution in [1.82, 2.24) is 10.6 Å². The van der Waals surface area contributed by atoms with Gasteiger partial charge >= 0.3 is 5.97 Å². The molecule has 3 rings (SSSR count). The van der Waals surface area contributed by atoms with E-state index in [9.17, 15) is 34.8 Å². The molecule has 0 aromatic heterocycles. The van der Waals surface area contributed by atoms with Crippen LogP contribution in [-0.2, 0) is 20.8 Å². The first kappa shape index (κ1) is 25.2. The average Bonchev–Trinajstić information content (AvgIpc) is 2.79. The molecule has 5 atom stereocenters. The summed E-state index contributed by atoms with van der Waals surface area (Å²) in [6.45, 7) is -0.177. The first-order valence-electron chi connectivity index (χ1n) is 11.0. The second-order valence-electron chi connectivity index (χ2n) is 8.65. The zero-order valence-electron chi connectivity index (χ0n) is 18.5. The second kappa shape index (κ2) is 10.7. The number of nitrogens with one attached hydrogen (secondary N) is 2. The van der Waals surface area contributed by atoms with E-state index in [1.807, 2.05) is 0 Å². The van der Waals surface area contributed by atoms with Crippen molar-refractivity contribution in [1.29, 1.82) is 0 Å². The molecular formula is C23H30N4O7. The largest absolute Gasteiger partial charge is 0.508 e. The molecule has 0 radical (unpaired) electrons. The second-order valence-corrected chi connectivity index (χ2v) is 8.65. The maximum absolute atomic E-state index is 12.9. The maximum Gasteiger partial charge on any atom is 0.326 e. The molecule has 1 aromatic carbocycles. The van der Waals surface area contributed by atoms with Crippen LogP contribution in [0.4, 0.5) is 0 Å². The topological polar surface area (TPSA) is 208 Å². The zero-order valence-corrected chi connectivity index (χ0v) is 18.5. The van der Waals surface area contributed by atoms with Gasteiger partial charge in [0.1, 0.15) is 23.6 Å². The Hall–Kier alpha value is -3.41. The number of aliphatic hydroxyl groups excluding tert-OH is 2. The third-order valence-corrected chi connectivity index (χ3v) is 6.10. The molecular weight excluding hydrogens is 444 g/mol. The Labute approximate surface area is 196 Å². The minimum atomic E-state index is -1.41. The first-order valence-corrected chi connectivity index (χ1v) is 11.0. The molecule has 11 nitrogen and oxygen atoms in total. The third-order valence-electron chi connectivity index (χ3n) is 6.10. The van der Waals surface area contributed by atoms with Gasteiger partial charge in [-0.3, -0.25) is 9.59 Å². The number of aliphatic carboxylic acids is 1. The van der Waals surface area contributed by atoms with Gasteiger partial charge in [0, 0.05) is 25.3 Å². The lowest BCUT2D eigenvalue weighted by atomic mass is 9.84. The number of allylic oxidation sites excluding steroid dienone is 2. The van der Waals surface area contributed by atoms with Gasteiger partial charge in [-0.2, -0.15) is 0 Å². The summed E-state index contributed by atoms with van der Waals surface area (Å²) in [4.78, 5) is 37.6. The fourth-order valence-electron chi connectivity index (χ4n) is 4.11. The third kappa shape index (κ3) is 5.93. The molecule has 2 aliphatic rings. The molecule has 1 heterocycles. The number of hydrogen-bond acceptors (Lipinski definition) is 8. The summed E-state index contributed by atoms with van der Waals surface area (Å²) in [5.41, 5.74) is 13.1. The van der Waals surface area contributed by atoms with Crippen molar-refractivity contribution in [3.63, 3.8) is 0 Å². The van der Waals surface area contributed by atoms with E-state index in [0.29, 0.717) is 17.6 Å². The van der Waals surface area contributed by atoms with Crippen LogP contribution in [0.15, 0.2) is 41.7 Å². The number of nitrogens with two attached hydrogens (primary N) is 2. The minimum Gasteiger partial charge on any atom is -0.508 e. The summed E-state index contributed by atoms with van der Waals surface area (Å²) in [7, 11) is 0. The number of rotatable bonds is 4. The summed E-state index contributed by atoms with van der Waals surface area (Å²) in [6, 6.07) is 0.980. The summed E-state index contributed by atoms with van der Waals surface area (Å²) in [6.07, 6.45) is 2.08. The highest BCUT2D eigenvalue weighted by molar-refractivity contribution is 5.92. The Kier molecular flexibility index (Phi) is 7.92. The van der Waals surface area contributed by atoms with Crippen LogP contribution >= 0.6 is 0 Å². The number of amides is 2. The highest BCUT2D eigenvalue weighted by Gasteiger charge is 2.31. The minimum absolute atomic E-state index is 0.00149. The number of phenolic OH excluding ortho intramolecular Hbond substituents is 1. The first-order chi connectivity index (χ1) is 16.1. The van der Waals surface area contributed by atoms with Gasteiger partial charge in [0.05, 0.1) is 12.1 Å². The van der Waals surface area contributed by atoms with Crippen molar-refractivity contribution >= 4 is 17.8 Å². The van der Waals surface area contributed by atoms with Gasteiger partial charge in [0.15, 0.2) is 0 Å². The molecule has 0 saturated carbocycles. The van der Waals surface area contributed by atoms with Crippen molar-refractivity contribution < 1.29 is 34.8 Å². The van der Waals surface area contributed by atoms with Crippen LogP contribution in [0.3, 0.4) is 0 Å². The Morgan fingerprint density at radius 1 is 1.12 bits per heavy atom. The van der Waals surface area contributed by atoms with Crippen molar-refractivity contribution in [2.45, 2.75) is 55.8 Å². The highest BCUT2D eigenvalue weighted by atomic mass is 16.4. The van der Waals surface area contributed by atoms with E-state index < -0.39 is 42.0 Å². The molecule has 0 saturated heterocycles. The quantitative estimate of drug-likeness (QED) is 0.277. The van der Waals surface area contributed by atoms with Crippen molar-refractivity contribution in [3.8, 4) is 5.75 Å². The van der Waals surface area contributed by atoms with Crippen LogP contribution in [0.1, 0.15) is 36.3 Å². The molecule has 0 spiro atoms. The number of phenols is 1. The SMILES string of the molecule is NC[C@H](O)C[C@@H]1NC(=O)C(N)CC2=C(O)C=CC(C2)c2ccc(O)c(c2)C[C@@H](C(=O)O)NC1=O. The summed E-state index contributed by atoms with van der Waals surface area (Å²) in [5.74, 6) is -3.20. The molecule has 10 N–H and O–H groups in total. The Balaban J connectivity index is 2.03. The summed E-state index contributed by atoms with van der Waals surface area (Å²) in [5, 5.41) is 45.1. The molecule has 2 amide bonds. The average molecular weight is 475 g/mol. The summed E-state index contributed by atoms with van der Waals surface area (Å²) < 4.78 is 0. The van der Waals surface area contributed by atoms with Crippen LogP contribution < -0.4 is 22.1 Å². The fourth-order valence-corrected chi connectivity index (χ4v) is 4.11. The molecule has 34 heavy (non-hydrogen) atoms. The number of carboxylic acids is 1. The molecule has 0 fully saturated rings. The van der Waals surface area contributed by atoms with Crippen LogP contribution in [-0.4, -0.2) is 69.0 Å². The molecule has 4 bridgehead atoms. The van der Waals surface area contributed by atoms with Crippen LogP contribution in [0.2, 0.25) is 0 Å². The van der Waals surface area contributed by atoms with Crippen molar-refractivity contribution in [2.75, 3.05) is 6.54 Å². The van der Waals surface area contributed by atoms with E-state index in [1.165, 1.54) is 12.1 Å². The number of hydrogen-bond donors (Lipinski definition) is 8. The Morgan fingerprint density at radius 3 is 2.53 bits per heavy atom. The lowest BCUT2D eigenvalue weighted by Crippen LogP contribution is -2.56. The lowest BCUT2D eigenvalue weighted by molar-refractivity contribution is -0.142. The molecule has 2 unspecified atom stereocenters. The van der Waals surface area contributed by atoms with E-state index in [1.54, 1.807) is 18.2 Å². The van der Waals surface area contributed by atoms with Crippen LogP contribution in [0.5, 0.6) is 5.75 Å². The van der Waals surface area contributed by atoms with Crippen molar-refractivity contribution in [3.05, 3.63) is 52.8 Å². The number of carboxylic acid groups (broad SMARTS) is 1. The predicted octanol–water partition coefficient (Wildman–Crippen LogP) is -0.715. The number of benzene rings is 1. The number of carbonyl (C=O) groups is 3. The highest BCUT2D eigenvalue weighted by Crippen LogP contribution is 2.35. The van der Waals surface area contributed by atoms with Gasteiger partial charge in [-0.15, -0.1) is 0 Å². The molecule has 11 heteroatoms. The van der Waals surface area contributed by atoms with E-state index in [2.05, 4.69) is 10.6 Å². The number of fused-ring (bicyclic) bond motifs is 5. The number of carbonyl (C=O) groups excluding carboxylic acids is 2. The van der Waals surface area contributed by atoms with Crippen molar-refractivity contribution in [2.24, 2.45) is 11.5 Å². The molecule has 1 aromatic rings. The van der Waals surface area contributed by atoms with E-state index in [0.717, 1.165) is 5.56 Å². The Morgan fingerprint density at radius 2 is 1.85 bits per heavy atom.